The van der Waals surface area contributed by atoms with Gasteiger partial charge in [0.2, 0.25) is 10.0 Å². The van der Waals surface area contributed by atoms with Crippen LogP contribution in [0.3, 0.4) is 0 Å². The average molecular weight is 404 g/mol. The van der Waals surface area contributed by atoms with Crippen molar-refractivity contribution in [3.63, 3.8) is 0 Å². The molecule has 0 aliphatic carbocycles. The van der Waals surface area contributed by atoms with E-state index in [0.717, 1.165) is 11.6 Å². The maximum atomic E-state index is 13.3. The topological polar surface area (TPSA) is 99.0 Å². The molecule has 0 bridgehead atoms. The minimum atomic E-state index is -3.89. The minimum Gasteiger partial charge on any atom is -0.486 e. The summed E-state index contributed by atoms with van der Waals surface area (Å²) in [5.41, 5.74) is 1.08. The predicted octanol–water partition coefficient (Wildman–Crippen LogP) is 3.20. The maximum absolute atomic E-state index is 13.3. The van der Waals surface area contributed by atoms with Crippen molar-refractivity contribution >= 4 is 15.7 Å². The summed E-state index contributed by atoms with van der Waals surface area (Å²) in [5, 5.41) is 11.1. The molecule has 2 aromatic carbocycles. The molecule has 1 atom stereocenters. The van der Waals surface area contributed by atoms with E-state index in [0.29, 0.717) is 49.7 Å². The largest absolute Gasteiger partial charge is 0.486 e. The van der Waals surface area contributed by atoms with Crippen LogP contribution in [0.2, 0.25) is 0 Å². The first kappa shape index (κ1) is 18.7. The Balaban J connectivity index is 1.72. The van der Waals surface area contributed by atoms with Crippen LogP contribution in [0.15, 0.2) is 41.3 Å². The number of hydrogen-bond donors (Lipinski definition) is 0. The number of benzene rings is 2. The smallest absolute Gasteiger partial charge is 0.270 e. The first-order valence-corrected chi connectivity index (χ1v) is 10.5. The van der Waals surface area contributed by atoms with Crippen molar-refractivity contribution in [2.45, 2.75) is 30.7 Å². The molecule has 1 saturated heterocycles. The van der Waals surface area contributed by atoms with Crippen molar-refractivity contribution in [3.8, 4) is 11.5 Å². The molecule has 0 radical (unpaired) electrons. The maximum Gasteiger partial charge on any atom is 0.270 e. The van der Waals surface area contributed by atoms with Gasteiger partial charge in [0.1, 0.15) is 13.2 Å². The Hall–Kier alpha value is -2.65. The molecule has 9 heteroatoms. The van der Waals surface area contributed by atoms with E-state index in [1.54, 1.807) is 13.0 Å². The van der Waals surface area contributed by atoms with Gasteiger partial charge in [-0.25, -0.2) is 8.42 Å². The molecule has 0 spiro atoms. The molecular formula is C19H20N2O6S. The molecule has 2 aliphatic rings. The van der Waals surface area contributed by atoms with Crippen LogP contribution in [-0.4, -0.2) is 37.4 Å². The summed E-state index contributed by atoms with van der Waals surface area (Å²) in [6.07, 6.45) is 1.39. The normalized spacial score (nSPS) is 19.5. The highest BCUT2D eigenvalue weighted by atomic mass is 32.2. The van der Waals surface area contributed by atoms with E-state index in [9.17, 15) is 18.5 Å². The lowest BCUT2D eigenvalue weighted by molar-refractivity contribution is -0.385. The molecule has 1 unspecified atom stereocenters. The summed E-state index contributed by atoms with van der Waals surface area (Å²) in [4.78, 5) is 10.5. The second kappa shape index (κ2) is 7.06. The molecule has 0 saturated carbocycles. The third kappa shape index (κ3) is 3.20. The fraction of sp³-hybridized carbons (Fsp3) is 0.368. The predicted molar refractivity (Wildman–Crippen MR) is 101 cm³/mol. The fourth-order valence-electron chi connectivity index (χ4n) is 3.73. The lowest BCUT2D eigenvalue weighted by Crippen LogP contribution is -2.31. The molecule has 4 rings (SSSR count). The van der Waals surface area contributed by atoms with Crippen LogP contribution in [0.5, 0.6) is 11.5 Å². The first-order chi connectivity index (χ1) is 13.4. The van der Waals surface area contributed by atoms with Crippen LogP contribution in [-0.2, 0) is 10.0 Å². The van der Waals surface area contributed by atoms with Crippen molar-refractivity contribution < 1.29 is 22.8 Å². The van der Waals surface area contributed by atoms with Crippen molar-refractivity contribution in [2.24, 2.45) is 0 Å². The zero-order valence-corrected chi connectivity index (χ0v) is 16.1. The second-order valence-electron chi connectivity index (χ2n) is 6.88. The number of nitro benzene ring substituents is 1. The highest BCUT2D eigenvalue weighted by molar-refractivity contribution is 7.89. The highest BCUT2D eigenvalue weighted by Crippen LogP contribution is 2.41. The van der Waals surface area contributed by atoms with E-state index in [-0.39, 0.29) is 16.6 Å². The van der Waals surface area contributed by atoms with Gasteiger partial charge in [-0.1, -0.05) is 12.1 Å². The fourth-order valence-corrected chi connectivity index (χ4v) is 5.66. The minimum absolute atomic E-state index is 0.0221. The van der Waals surface area contributed by atoms with Crippen molar-refractivity contribution in [1.29, 1.82) is 0 Å². The number of sulfonamides is 1. The van der Waals surface area contributed by atoms with Gasteiger partial charge in [-0.15, -0.1) is 0 Å². The molecule has 28 heavy (non-hydrogen) atoms. The van der Waals surface area contributed by atoms with E-state index in [4.69, 9.17) is 9.47 Å². The molecule has 0 amide bonds. The van der Waals surface area contributed by atoms with Gasteiger partial charge in [0.15, 0.2) is 11.5 Å². The summed E-state index contributed by atoms with van der Waals surface area (Å²) in [5.74, 6) is 1.26. The summed E-state index contributed by atoms with van der Waals surface area (Å²) in [6, 6.07) is 9.06. The lowest BCUT2D eigenvalue weighted by Gasteiger charge is -2.26. The van der Waals surface area contributed by atoms with Gasteiger partial charge in [-0.3, -0.25) is 10.1 Å². The van der Waals surface area contributed by atoms with Crippen LogP contribution >= 0.6 is 0 Å². The Bertz CT molecular complexity index is 1040. The SMILES string of the molecule is Cc1ccc([N+](=O)[O-])cc1S(=O)(=O)N1CCCC1c1ccc2c(c1)OCCO2. The Labute approximate surface area is 162 Å². The number of ether oxygens (including phenoxy) is 2. The van der Waals surface area contributed by atoms with Gasteiger partial charge < -0.3 is 9.47 Å². The van der Waals surface area contributed by atoms with E-state index in [1.165, 1.54) is 16.4 Å². The van der Waals surface area contributed by atoms with Gasteiger partial charge in [-0.05, 0) is 43.0 Å². The van der Waals surface area contributed by atoms with Crippen LogP contribution in [0, 0.1) is 17.0 Å². The summed E-state index contributed by atoms with van der Waals surface area (Å²) in [7, 11) is -3.89. The number of rotatable bonds is 4. The highest BCUT2D eigenvalue weighted by Gasteiger charge is 2.38. The monoisotopic (exact) mass is 404 g/mol. The Morgan fingerprint density at radius 2 is 1.86 bits per heavy atom. The molecule has 2 aliphatic heterocycles. The van der Waals surface area contributed by atoms with E-state index in [2.05, 4.69) is 0 Å². The van der Waals surface area contributed by atoms with Crippen LogP contribution < -0.4 is 9.47 Å². The number of fused-ring (bicyclic) bond motifs is 1. The van der Waals surface area contributed by atoms with E-state index in [1.807, 2.05) is 12.1 Å². The van der Waals surface area contributed by atoms with Gasteiger partial charge in [0.25, 0.3) is 5.69 Å². The molecule has 148 valence electrons. The zero-order chi connectivity index (χ0) is 19.9. The van der Waals surface area contributed by atoms with Crippen LogP contribution in [0.25, 0.3) is 0 Å². The second-order valence-corrected chi connectivity index (χ2v) is 8.74. The molecule has 8 nitrogen and oxygen atoms in total. The van der Waals surface area contributed by atoms with Gasteiger partial charge in [0, 0.05) is 18.7 Å². The molecule has 0 aromatic heterocycles. The Morgan fingerprint density at radius 1 is 1.11 bits per heavy atom. The molecule has 2 aromatic rings. The molecular weight excluding hydrogens is 384 g/mol. The number of non-ortho nitro benzene ring substituents is 1. The summed E-state index contributed by atoms with van der Waals surface area (Å²) in [6.45, 7) is 2.95. The lowest BCUT2D eigenvalue weighted by atomic mass is 10.0. The average Bonchev–Trinajstić information content (AvgIpc) is 3.18. The number of aryl methyl sites for hydroxylation is 1. The molecule has 1 fully saturated rings. The zero-order valence-electron chi connectivity index (χ0n) is 15.3. The van der Waals surface area contributed by atoms with Crippen molar-refractivity contribution in [1.82, 2.24) is 4.31 Å². The van der Waals surface area contributed by atoms with Crippen molar-refractivity contribution in [2.75, 3.05) is 19.8 Å². The Kier molecular flexibility index (Phi) is 4.72. The van der Waals surface area contributed by atoms with Gasteiger partial charge in [-0.2, -0.15) is 4.31 Å². The quantitative estimate of drug-likeness (QED) is 0.573. The third-order valence-corrected chi connectivity index (χ3v) is 7.17. The number of nitrogens with zero attached hydrogens (tertiary/aromatic N) is 2. The van der Waals surface area contributed by atoms with E-state index >= 15 is 0 Å². The van der Waals surface area contributed by atoms with Crippen LogP contribution in [0.4, 0.5) is 5.69 Å². The van der Waals surface area contributed by atoms with Gasteiger partial charge >= 0.3 is 0 Å². The third-order valence-electron chi connectivity index (χ3n) is 5.12. The summed E-state index contributed by atoms with van der Waals surface area (Å²) < 4.78 is 39.3. The molecule has 2 heterocycles. The van der Waals surface area contributed by atoms with Gasteiger partial charge in [0.05, 0.1) is 15.9 Å². The number of hydrogen-bond acceptors (Lipinski definition) is 6. The summed E-state index contributed by atoms with van der Waals surface area (Å²) >= 11 is 0. The van der Waals surface area contributed by atoms with E-state index < -0.39 is 14.9 Å². The Morgan fingerprint density at radius 3 is 2.61 bits per heavy atom. The standard InChI is InChI=1S/C19H20N2O6S/c1-13-4-6-15(21(22)23)12-19(13)28(24,25)20-8-2-3-16(20)14-5-7-17-18(11-14)27-10-9-26-17/h4-7,11-12,16H,2-3,8-10H2,1H3. The van der Waals surface area contributed by atoms with Crippen LogP contribution in [0.1, 0.15) is 30.0 Å². The first-order valence-electron chi connectivity index (χ1n) is 9.04. The number of nitro groups is 1. The van der Waals surface area contributed by atoms with Crippen molar-refractivity contribution in [3.05, 3.63) is 57.6 Å². The molecule has 0 N–H and O–H groups in total.